The maximum Gasteiger partial charge on any atom is 0.241 e. The third-order valence-corrected chi connectivity index (χ3v) is 2.45. The molecule has 15 heavy (non-hydrogen) atoms. The minimum absolute atomic E-state index is 0.0225. The lowest BCUT2D eigenvalue weighted by Gasteiger charge is -2.14. The van der Waals surface area contributed by atoms with E-state index in [9.17, 15) is 4.79 Å². The minimum Gasteiger partial charge on any atom is -0.375 e. The fourth-order valence-corrected chi connectivity index (χ4v) is 1.47. The van der Waals surface area contributed by atoms with E-state index in [4.69, 9.17) is 11.6 Å². The van der Waals surface area contributed by atoms with Crippen LogP contribution in [0.5, 0.6) is 0 Å². The second-order valence-electron chi connectivity index (χ2n) is 3.57. The van der Waals surface area contributed by atoms with Crippen molar-refractivity contribution < 1.29 is 4.79 Å². The minimum atomic E-state index is 0.0225. The number of carbonyl (C=O) groups excluding carboxylic acids is 1. The summed E-state index contributed by atoms with van der Waals surface area (Å²) in [4.78, 5) is 12.9. The molecule has 0 aromatic heterocycles. The van der Waals surface area contributed by atoms with E-state index in [1.807, 2.05) is 19.1 Å². The van der Waals surface area contributed by atoms with E-state index >= 15 is 0 Å². The molecule has 0 bridgehead atoms. The van der Waals surface area contributed by atoms with E-state index in [0.29, 0.717) is 5.02 Å². The highest BCUT2D eigenvalue weighted by Crippen LogP contribution is 2.24. The summed E-state index contributed by atoms with van der Waals surface area (Å²) in [7, 11) is 3.45. The third-order valence-electron chi connectivity index (χ3n) is 2.14. The maximum absolute atomic E-state index is 11.4. The van der Waals surface area contributed by atoms with Crippen molar-refractivity contribution in [1.29, 1.82) is 0 Å². The Morgan fingerprint density at radius 2 is 2.13 bits per heavy atom. The van der Waals surface area contributed by atoms with Crippen molar-refractivity contribution in [3.05, 3.63) is 28.8 Å². The molecule has 1 aromatic rings. The zero-order valence-electron chi connectivity index (χ0n) is 9.17. The van der Waals surface area contributed by atoms with E-state index in [-0.39, 0.29) is 12.5 Å². The Morgan fingerprint density at radius 1 is 1.47 bits per heavy atom. The zero-order chi connectivity index (χ0) is 11.4. The van der Waals surface area contributed by atoms with Crippen molar-refractivity contribution in [3.8, 4) is 0 Å². The highest BCUT2D eigenvalue weighted by Gasteiger charge is 2.06. The highest BCUT2D eigenvalue weighted by atomic mass is 35.5. The van der Waals surface area contributed by atoms with Crippen molar-refractivity contribution in [3.63, 3.8) is 0 Å². The van der Waals surface area contributed by atoms with Crippen LogP contribution in [0.2, 0.25) is 5.02 Å². The van der Waals surface area contributed by atoms with Gasteiger partial charge in [-0.05, 0) is 18.6 Å². The first-order chi connectivity index (χ1) is 7.02. The number of nitrogens with zero attached hydrogens (tertiary/aromatic N) is 1. The van der Waals surface area contributed by atoms with E-state index in [2.05, 4.69) is 5.32 Å². The number of hydrogen-bond acceptors (Lipinski definition) is 2. The lowest BCUT2D eigenvalue weighted by atomic mass is 10.2. The molecule has 0 heterocycles. The van der Waals surface area contributed by atoms with Gasteiger partial charge in [-0.1, -0.05) is 23.7 Å². The van der Waals surface area contributed by atoms with Gasteiger partial charge >= 0.3 is 0 Å². The normalized spacial score (nSPS) is 9.87. The van der Waals surface area contributed by atoms with Crippen molar-refractivity contribution in [2.45, 2.75) is 6.92 Å². The molecule has 1 rings (SSSR count). The van der Waals surface area contributed by atoms with Crippen LogP contribution < -0.4 is 5.32 Å². The molecule has 0 saturated heterocycles. The Bertz CT molecular complexity index is 343. The molecule has 0 spiro atoms. The van der Waals surface area contributed by atoms with E-state index < -0.39 is 0 Å². The summed E-state index contributed by atoms with van der Waals surface area (Å²) in [6.07, 6.45) is 0. The lowest BCUT2D eigenvalue weighted by molar-refractivity contribution is -0.126. The molecular formula is C11H15ClN2O. The molecular weight excluding hydrogens is 212 g/mol. The summed E-state index contributed by atoms with van der Waals surface area (Å²) in [6, 6.07) is 5.64. The van der Waals surface area contributed by atoms with Gasteiger partial charge in [0.05, 0.1) is 17.3 Å². The number of carbonyl (C=O) groups is 1. The summed E-state index contributed by atoms with van der Waals surface area (Å²) in [5.74, 6) is 0.0225. The third kappa shape index (κ3) is 3.13. The van der Waals surface area contributed by atoms with Gasteiger partial charge < -0.3 is 10.2 Å². The van der Waals surface area contributed by atoms with Crippen molar-refractivity contribution in [1.82, 2.24) is 4.90 Å². The summed E-state index contributed by atoms with van der Waals surface area (Å²) < 4.78 is 0. The van der Waals surface area contributed by atoms with Crippen LogP contribution in [-0.4, -0.2) is 31.4 Å². The smallest absolute Gasteiger partial charge is 0.241 e. The number of anilines is 1. The molecule has 3 nitrogen and oxygen atoms in total. The zero-order valence-corrected chi connectivity index (χ0v) is 9.93. The van der Waals surface area contributed by atoms with E-state index in [1.165, 1.54) is 0 Å². The number of amides is 1. The van der Waals surface area contributed by atoms with Crippen LogP contribution in [0.4, 0.5) is 5.69 Å². The second kappa shape index (κ2) is 5.03. The van der Waals surface area contributed by atoms with Crippen LogP contribution in [-0.2, 0) is 4.79 Å². The average Bonchev–Trinajstić information content (AvgIpc) is 2.16. The summed E-state index contributed by atoms with van der Waals surface area (Å²) in [5.41, 5.74) is 1.86. The predicted molar refractivity (Wildman–Crippen MR) is 63.4 cm³/mol. The van der Waals surface area contributed by atoms with Crippen LogP contribution in [0, 0.1) is 6.92 Å². The Balaban J connectivity index is 2.69. The lowest BCUT2D eigenvalue weighted by Crippen LogP contribution is -2.28. The van der Waals surface area contributed by atoms with Gasteiger partial charge in [0.1, 0.15) is 0 Å². The molecule has 0 aliphatic rings. The summed E-state index contributed by atoms with van der Waals surface area (Å²) in [6.45, 7) is 2.21. The quantitative estimate of drug-likeness (QED) is 0.857. The van der Waals surface area contributed by atoms with Crippen LogP contribution in [0.1, 0.15) is 5.56 Å². The highest BCUT2D eigenvalue weighted by molar-refractivity contribution is 6.33. The number of rotatable bonds is 3. The Morgan fingerprint density at radius 3 is 2.67 bits per heavy atom. The molecule has 82 valence electrons. The number of nitrogens with one attached hydrogen (secondary N) is 1. The molecule has 0 unspecified atom stereocenters. The molecule has 0 saturated carbocycles. The number of aryl methyl sites for hydroxylation is 1. The molecule has 4 heteroatoms. The SMILES string of the molecule is Cc1cccc(Cl)c1NCC(=O)N(C)C. The predicted octanol–water partition coefficient (Wildman–Crippen LogP) is 2.15. The molecule has 1 N–H and O–H groups in total. The number of benzene rings is 1. The Hall–Kier alpha value is -1.22. The first kappa shape index (κ1) is 11.9. The first-order valence-corrected chi connectivity index (χ1v) is 5.09. The first-order valence-electron chi connectivity index (χ1n) is 4.71. The van der Waals surface area contributed by atoms with Gasteiger partial charge in [-0.3, -0.25) is 4.79 Å². The van der Waals surface area contributed by atoms with Gasteiger partial charge in [0.15, 0.2) is 0 Å². The monoisotopic (exact) mass is 226 g/mol. The largest absolute Gasteiger partial charge is 0.375 e. The van der Waals surface area contributed by atoms with Gasteiger partial charge in [0.25, 0.3) is 0 Å². The molecule has 0 aliphatic carbocycles. The van der Waals surface area contributed by atoms with Crippen molar-refractivity contribution in [2.24, 2.45) is 0 Å². The number of halogens is 1. The standard InChI is InChI=1S/C11H15ClN2O/c1-8-5-4-6-9(12)11(8)13-7-10(15)14(2)3/h4-6,13H,7H2,1-3H3. The van der Waals surface area contributed by atoms with Crippen LogP contribution >= 0.6 is 11.6 Å². The molecule has 0 radical (unpaired) electrons. The Kier molecular flexibility index (Phi) is 3.97. The number of para-hydroxylation sites is 1. The molecule has 0 aliphatic heterocycles. The average molecular weight is 227 g/mol. The molecule has 0 atom stereocenters. The number of likely N-dealkylation sites (N-methyl/N-ethyl adjacent to an activating group) is 1. The van der Waals surface area contributed by atoms with E-state index in [1.54, 1.807) is 25.1 Å². The summed E-state index contributed by atoms with van der Waals surface area (Å²) >= 11 is 6.01. The fraction of sp³-hybridized carbons (Fsp3) is 0.364. The topological polar surface area (TPSA) is 32.3 Å². The second-order valence-corrected chi connectivity index (χ2v) is 3.98. The van der Waals surface area contributed by atoms with E-state index in [0.717, 1.165) is 11.3 Å². The van der Waals surface area contributed by atoms with Gasteiger partial charge in [0, 0.05) is 14.1 Å². The van der Waals surface area contributed by atoms with Crippen LogP contribution in [0.15, 0.2) is 18.2 Å². The van der Waals surface area contributed by atoms with Crippen molar-refractivity contribution >= 4 is 23.2 Å². The molecule has 1 amide bonds. The van der Waals surface area contributed by atoms with Gasteiger partial charge in [0.2, 0.25) is 5.91 Å². The van der Waals surface area contributed by atoms with Crippen LogP contribution in [0.3, 0.4) is 0 Å². The van der Waals surface area contributed by atoms with Gasteiger partial charge in [-0.25, -0.2) is 0 Å². The molecule has 1 aromatic carbocycles. The van der Waals surface area contributed by atoms with Gasteiger partial charge in [-0.2, -0.15) is 0 Å². The maximum atomic E-state index is 11.4. The fourth-order valence-electron chi connectivity index (χ4n) is 1.18. The van der Waals surface area contributed by atoms with Crippen LogP contribution in [0.25, 0.3) is 0 Å². The Labute approximate surface area is 95.0 Å². The van der Waals surface area contributed by atoms with Crippen molar-refractivity contribution in [2.75, 3.05) is 26.0 Å². The van der Waals surface area contributed by atoms with Gasteiger partial charge in [-0.15, -0.1) is 0 Å². The summed E-state index contributed by atoms with van der Waals surface area (Å²) in [5, 5.41) is 3.68. The molecule has 0 fully saturated rings. The number of hydrogen-bond donors (Lipinski definition) is 1.